The maximum atomic E-state index is 10.4. The Morgan fingerprint density at radius 3 is 2.47 bits per heavy atom. The van der Waals surface area contributed by atoms with E-state index in [-0.39, 0.29) is 5.41 Å². The number of hydrogen-bond donors (Lipinski definition) is 2. The number of aryl methyl sites for hydroxylation is 1. The van der Waals surface area contributed by atoms with E-state index >= 15 is 0 Å². The second-order valence-electron chi connectivity index (χ2n) is 5.22. The van der Waals surface area contributed by atoms with Crippen LogP contribution in [0.3, 0.4) is 0 Å². The van der Waals surface area contributed by atoms with Crippen molar-refractivity contribution < 1.29 is 5.11 Å². The quantitative estimate of drug-likeness (QED) is 0.848. The molecule has 2 rings (SSSR count). The van der Waals surface area contributed by atoms with Gasteiger partial charge < -0.3 is 10.8 Å². The Morgan fingerprint density at radius 1 is 1.35 bits per heavy atom. The number of rotatable bonds is 2. The third-order valence-corrected chi connectivity index (χ3v) is 4.56. The van der Waals surface area contributed by atoms with Gasteiger partial charge in [0.05, 0.1) is 0 Å². The third-order valence-electron chi connectivity index (χ3n) is 4.17. The summed E-state index contributed by atoms with van der Waals surface area (Å²) in [4.78, 5) is 0. The molecule has 1 aromatic carbocycles. The van der Waals surface area contributed by atoms with E-state index in [9.17, 15) is 5.11 Å². The predicted molar refractivity (Wildman–Crippen MR) is 71.8 cm³/mol. The molecular weight excluding hydrogens is 234 g/mol. The van der Waals surface area contributed by atoms with Crippen molar-refractivity contribution in [3.63, 3.8) is 0 Å². The van der Waals surface area contributed by atoms with Crippen LogP contribution < -0.4 is 5.73 Å². The summed E-state index contributed by atoms with van der Waals surface area (Å²) >= 11 is 6.10. The maximum absolute atomic E-state index is 10.4. The zero-order valence-corrected chi connectivity index (χ0v) is 11.3. The lowest BCUT2D eigenvalue weighted by Crippen LogP contribution is -2.33. The molecule has 17 heavy (non-hydrogen) atoms. The van der Waals surface area contributed by atoms with Crippen molar-refractivity contribution in [1.82, 2.24) is 0 Å². The number of benzene rings is 1. The van der Waals surface area contributed by atoms with Crippen molar-refractivity contribution in [2.45, 2.75) is 44.9 Å². The van der Waals surface area contributed by atoms with E-state index in [2.05, 4.69) is 0 Å². The Hall–Kier alpha value is -0.730. The highest BCUT2D eigenvalue weighted by atomic mass is 35.5. The molecule has 1 aliphatic rings. The molecule has 0 atom stereocenters. The lowest BCUT2D eigenvalue weighted by Gasteiger charge is -2.31. The molecule has 0 aromatic heterocycles. The summed E-state index contributed by atoms with van der Waals surface area (Å²) in [6, 6.07) is 1.95. The van der Waals surface area contributed by atoms with Crippen LogP contribution in [0.5, 0.6) is 5.75 Å². The molecule has 0 radical (unpaired) electrons. The first-order chi connectivity index (χ1) is 8.02. The summed E-state index contributed by atoms with van der Waals surface area (Å²) in [6.45, 7) is 4.47. The average molecular weight is 254 g/mol. The minimum atomic E-state index is -0.0382. The van der Waals surface area contributed by atoms with Crippen LogP contribution in [-0.4, -0.2) is 11.7 Å². The highest BCUT2D eigenvalue weighted by molar-refractivity contribution is 6.31. The number of hydrogen-bond acceptors (Lipinski definition) is 2. The molecule has 1 fully saturated rings. The Balaban J connectivity index is 2.62. The van der Waals surface area contributed by atoms with Crippen LogP contribution in [-0.2, 0) is 5.41 Å². The monoisotopic (exact) mass is 253 g/mol. The van der Waals surface area contributed by atoms with Crippen molar-refractivity contribution in [3.05, 3.63) is 27.8 Å². The fourth-order valence-corrected chi connectivity index (χ4v) is 3.39. The molecule has 0 amide bonds. The van der Waals surface area contributed by atoms with Crippen molar-refractivity contribution >= 4 is 11.6 Å². The van der Waals surface area contributed by atoms with E-state index < -0.39 is 0 Å². The molecule has 3 heteroatoms. The van der Waals surface area contributed by atoms with Gasteiger partial charge in [-0.2, -0.15) is 0 Å². The molecule has 2 nitrogen and oxygen atoms in total. The normalized spacial score (nSPS) is 18.6. The van der Waals surface area contributed by atoms with Gasteiger partial charge in [0.1, 0.15) is 5.75 Å². The summed E-state index contributed by atoms with van der Waals surface area (Å²) in [7, 11) is 0. The number of phenols is 1. The fourth-order valence-electron chi connectivity index (χ4n) is 3.14. The Kier molecular flexibility index (Phi) is 3.37. The topological polar surface area (TPSA) is 46.2 Å². The van der Waals surface area contributed by atoms with Gasteiger partial charge in [-0.15, -0.1) is 0 Å². The number of phenolic OH excluding ortho intramolecular Hbond substituents is 1. The lowest BCUT2D eigenvalue weighted by molar-refractivity contribution is 0.401. The molecule has 0 bridgehead atoms. The minimum absolute atomic E-state index is 0.0382. The Labute approximate surface area is 108 Å². The zero-order valence-electron chi connectivity index (χ0n) is 10.5. The van der Waals surface area contributed by atoms with Gasteiger partial charge >= 0.3 is 0 Å². The van der Waals surface area contributed by atoms with Crippen molar-refractivity contribution in [2.24, 2.45) is 5.73 Å². The first-order valence-corrected chi connectivity index (χ1v) is 6.59. The van der Waals surface area contributed by atoms with E-state index in [1.807, 2.05) is 19.9 Å². The molecule has 1 aliphatic carbocycles. The minimum Gasteiger partial charge on any atom is -0.507 e. The van der Waals surface area contributed by atoms with Crippen molar-refractivity contribution in [2.75, 3.05) is 6.54 Å². The van der Waals surface area contributed by atoms with E-state index in [0.29, 0.717) is 17.3 Å². The predicted octanol–water partition coefficient (Wildman–Crippen LogP) is 3.43. The van der Waals surface area contributed by atoms with Gasteiger partial charge in [-0.05, 0) is 38.3 Å². The number of nitrogens with two attached hydrogens (primary N) is 1. The van der Waals surface area contributed by atoms with Crippen LogP contribution in [0, 0.1) is 13.8 Å². The number of halogens is 1. The summed E-state index contributed by atoms with van der Waals surface area (Å²) < 4.78 is 0. The first kappa shape index (κ1) is 12.7. The van der Waals surface area contributed by atoms with E-state index in [4.69, 9.17) is 17.3 Å². The summed E-state index contributed by atoms with van der Waals surface area (Å²) in [5, 5.41) is 11.0. The zero-order chi connectivity index (χ0) is 12.6. The van der Waals surface area contributed by atoms with Gasteiger partial charge in [0.2, 0.25) is 0 Å². The largest absolute Gasteiger partial charge is 0.507 e. The molecular formula is C14H20ClNO. The van der Waals surface area contributed by atoms with E-state index in [1.54, 1.807) is 0 Å². The molecule has 0 spiro atoms. The van der Waals surface area contributed by atoms with Crippen LogP contribution >= 0.6 is 11.6 Å². The molecule has 94 valence electrons. The summed E-state index contributed by atoms with van der Waals surface area (Å²) in [5.41, 5.74) is 8.80. The maximum Gasteiger partial charge on any atom is 0.124 e. The van der Waals surface area contributed by atoms with E-state index in [0.717, 1.165) is 29.5 Å². The smallest absolute Gasteiger partial charge is 0.124 e. The van der Waals surface area contributed by atoms with Crippen molar-refractivity contribution in [3.8, 4) is 5.75 Å². The van der Waals surface area contributed by atoms with Crippen LogP contribution in [0.15, 0.2) is 6.07 Å². The first-order valence-electron chi connectivity index (χ1n) is 6.21. The molecule has 0 heterocycles. The second-order valence-corrected chi connectivity index (χ2v) is 5.62. The highest BCUT2D eigenvalue weighted by Crippen LogP contribution is 2.47. The van der Waals surface area contributed by atoms with Crippen molar-refractivity contribution in [1.29, 1.82) is 0 Å². The molecule has 0 unspecified atom stereocenters. The third kappa shape index (κ3) is 1.94. The Bertz CT molecular complexity index is 436. The standard InChI is InChI=1S/C14H20ClNO/c1-9-7-11(15)10(2)13(17)12(9)14(8-16)5-3-4-6-14/h7,17H,3-6,8,16H2,1-2H3. The van der Waals surface area contributed by atoms with Crippen LogP contribution in [0.25, 0.3) is 0 Å². The molecule has 0 aliphatic heterocycles. The van der Waals surface area contributed by atoms with Crippen LogP contribution in [0.1, 0.15) is 42.4 Å². The van der Waals surface area contributed by atoms with Gasteiger partial charge in [0, 0.05) is 28.1 Å². The van der Waals surface area contributed by atoms with Gasteiger partial charge in [0.15, 0.2) is 0 Å². The van der Waals surface area contributed by atoms with Gasteiger partial charge in [-0.1, -0.05) is 24.4 Å². The molecule has 1 aromatic rings. The van der Waals surface area contributed by atoms with Gasteiger partial charge in [0.25, 0.3) is 0 Å². The second kappa shape index (κ2) is 4.51. The van der Waals surface area contributed by atoms with Gasteiger partial charge in [-0.25, -0.2) is 0 Å². The summed E-state index contributed by atoms with van der Waals surface area (Å²) in [5.74, 6) is 0.349. The average Bonchev–Trinajstić information content (AvgIpc) is 2.76. The highest BCUT2D eigenvalue weighted by Gasteiger charge is 2.38. The molecule has 1 saturated carbocycles. The molecule has 3 N–H and O–H groups in total. The fraction of sp³-hybridized carbons (Fsp3) is 0.571. The van der Waals surface area contributed by atoms with Gasteiger partial charge in [-0.3, -0.25) is 0 Å². The van der Waals surface area contributed by atoms with Crippen LogP contribution in [0.2, 0.25) is 5.02 Å². The summed E-state index contributed by atoms with van der Waals surface area (Å²) in [6.07, 6.45) is 4.52. The Morgan fingerprint density at radius 2 is 1.94 bits per heavy atom. The SMILES string of the molecule is Cc1cc(Cl)c(C)c(O)c1C1(CN)CCCC1. The van der Waals surface area contributed by atoms with Crippen LogP contribution in [0.4, 0.5) is 0 Å². The number of aromatic hydroxyl groups is 1. The lowest BCUT2D eigenvalue weighted by atomic mass is 9.75. The molecule has 0 saturated heterocycles. The van der Waals surface area contributed by atoms with E-state index in [1.165, 1.54) is 12.8 Å².